The molecule has 5 heteroatoms. The molecule has 0 aromatic carbocycles. The van der Waals surface area contributed by atoms with Gasteiger partial charge in [-0.2, -0.15) is 0 Å². The summed E-state index contributed by atoms with van der Waals surface area (Å²) in [6, 6.07) is 0. The summed E-state index contributed by atoms with van der Waals surface area (Å²) in [4.78, 5) is 0. The second-order valence-electron chi connectivity index (χ2n) is 1.10. The SMILES string of the molecule is COP(=O)(CBr)OC. The maximum absolute atomic E-state index is 10.8. The van der Waals surface area contributed by atoms with Crippen molar-refractivity contribution in [2.75, 3.05) is 19.3 Å². The highest BCUT2D eigenvalue weighted by atomic mass is 79.9. The topological polar surface area (TPSA) is 35.5 Å². The first-order valence-corrected chi connectivity index (χ1v) is 4.80. The average Bonchev–Trinajstić information content (AvgIpc) is 1.87. The Morgan fingerprint density at radius 2 is 1.88 bits per heavy atom. The first kappa shape index (κ1) is 8.63. The smallest absolute Gasteiger partial charge is 0.311 e. The fourth-order valence-electron chi connectivity index (χ4n) is 0.172. The molecule has 8 heavy (non-hydrogen) atoms. The average molecular weight is 203 g/mol. The van der Waals surface area contributed by atoms with E-state index in [4.69, 9.17) is 0 Å². The predicted octanol–water partition coefficient (Wildman–Crippen LogP) is 1.82. The summed E-state index contributed by atoms with van der Waals surface area (Å²) in [5.41, 5.74) is 0. The number of hydrogen-bond acceptors (Lipinski definition) is 3. The molecule has 0 heterocycles. The summed E-state index contributed by atoms with van der Waals surface area (Å²) in [5, 5.41) is 0.243. The van der Waals surface area contributed by atoms with Crippen molar-refractivity contribution in [3.63, 3.8) is 0 Å². The number of rotatable bonds is 3. The normalized spacial score (nSPS) is 11.9. The molecule has 0 aromatic heterocycles. The third-order valence-electron chi connectivity index (χ3n) is 0.703. The van der Waals surface area contributed by atoms with E-state index < -0.39 is 7.60 Å². The lowest BCUT2D eigenvalue weighted by molar-refractivity contribution is 0.281. The van der Waals surface area contributed by atoms with Gasteiger partial charge in [-0.3, -0.25) is 4.57 Å². The maximum atomic E-state index is 10.8. The molecule has 0 amide bonds. The molecule has 0 saturated heterocycles. The minimum Gasteiger partial charge on any atom is -0.311 e. The van der Waals surface area contributed by atoms with Crippen LogP contribution in [0.15, 0.2) is 0 Å². The van der Waals surface area contributed by atoms with Crippen molar-refractivity contribution in [2.24, 2.45) is 0 Å². The van der Waals surface area contributed by atoms with Gasteiger partial charge in [0.05, 0.1) is 0 Å². The zero-order valence-electron chi connectivity index (χ0n) is 4.76. The molecule has 0 saturated carbocycles. The molecule has 50 valence electrons. The van der Waals surface area contributed by atoms with Crippen LogP contribution >= 0.6 is 23.5 Å². The Bertz CT molecular complexity index is 85.7. The van der Waals surface area contributed by atoms with Gasteiger partial charge in [-0.1, -0.05) is 15.9 Å². The van der Waals surface area contributed by atoms with Crippen molar-refractivity contribution in [1.82, 2.24) is 0 Å². The van der Waals surface area contributed by atoms with Crippen LogP contribution in [0.4, 0.5) is 0 Å². The van der Waals surface area contributed by atoms with Crippen LogP contribution in [-0.2, 0) is 13.6 Å². The molecule has 3 nitrogen and oxygen atoms in total. The second-order valence-corrected chi connectivity index (χ2v) is 4.79. The van der Waals surface area contributed by atoms with Crippen LogP contribution in [0.2, 0.25) is 0 Å². The molecule has 0 fully saturated rings. The number of alkyl halides is 1. The van der Waals surface area contributed by atoms with Gasteiger partial charge >= 0.3 is 7.60 Å². The van der Waals surface area contributed by atoms with E-state index in [0.717, 1.165) is 0 Å². The molecule has 0 aliphatic carbocycles. The van der Waals surface area contributed by atoms with Crippen molar-refractivity contribution < 1.29 is 13.6 Å². The zero-order valence-corrected chi connectivity index (χ0v) is 7.24. The van der Waals surface area contributed by atoms with Crippen molar-refractivity contribution in [3.05, 3.63) is 0 Å². The van der Waals surface area contributed by atoms with Gasteiger partial charge in [0.1, 0.15) is 5.07 Å². The highest BCUT2D eigenvalue weighted by Gasteiger charge is 2.17. The molecule has 0 aliphatic rings. The van der Waals surface area contributed by atoms with Gasteiger partial charge in [-0.25, -0.2) is 0 Å². The third kappa shape index (κ3) is 2.27. The summed E-state index contributed by atoms with van der Waals surface area (Å²) in [6.07, 6.45) is 0. The van der Waals surface area contributed by atoms with Crippen LogP contribution in [0, 0.1) is 0 Å². The van der Waals surface area contributed by atoms with Crippen molar-refractivity contribution >= 4 is 23.5 Å². The Morgan fingerprint density at radius 1 is 1.50 bits per heavy atom. The van der Waals surface area contributed by atoms with E-state index >= 15 is 0 Å². The number of halogens is 1. The van der Waals surface area contributed by atoms with Crippen LogP contribution < -0.4 is 0 Å². The van der Waals surface area contributed by atoms with Crippen LogP contribution in [0.25, 0.3) is 0 Å². The Labute approximate surface area is 57.0 Å². The summed E-state index contributed by atoms with van der Waals surface area (Å²) in [6.45, 7) is 0. The number of hydrogen-bond donors (Lipinski definition) is 0. The van der Waals surface area contributed by atoms with E-state index in [-0.39, 0.29) is 5.07 Å². The first-order chi connectivity index (χ1) is 3.68. The molecule has 0 aliphatic heterocycles. The Morgan fingerprint density at radius 3 is 1.88 bits per heavy atom. The highest BCUT2D eigenvalue weighted by Crippen LogP contribution is 2.47. The Hall–Kier alpha value is 0.630. The van der Waals surface area contributed by atoms with Gasteiger partial charge in [0.15, 0.2) is 0 Å². The van der Waals surface area contributed by atoms with Crippen LogP contribution in [0.3, 0.4) is 0 Å². The van der Waals surface area contributed by atoms with E-state index in [1.165, 1.54) is 14.2 Å². The van der Waals surface area contributed by atoms with Crippen LogP contribution in [-0.4, -0.2) is 19.3 Å². The fraction of sp³-hybridized carbons (Fsp3) is 1.00. The minimum atomic E-state index is -2.75. The molecule has 0 radical (unpaired) electrons. The van der Waals surface area contributed by atoms with E-state index in [0.29, 0.717) is 0 Å². The summed E-state index contributed by atoms with van der Waals surface area (Å²) in [5.74, 6) is 0. The second kappa shape index (κ2) is 3.62. The van der Waals surface area contributed by atoms with Gasteiger partial charge in [-0.15, -0.1) is 0 Å². The minimum absolute atomic E-state index is 0.243. The molecule has 0 rings (SSSR count). The van der Waals surface area contributed by atoms with Crippen LogP contribution in [0.5, 0.6) is 0 Å². The van der Waals surface area contributed by atoms with E-state index in [2.05, 4.69) is 25.0 Å². The largest absolute Gasteiger partial charge is 0.340 e. The summed E-state index contributed by atoms with van der Waals surface area (Å²) < 4.78 is 19.9. The Balaban J connectivity index is 3.79. The zero-order chi connectivity index (χ0) is 6.62. The lowest BCUT2D eigenvalue weighted by Crippen LogP contribution is -1.87. The molecular weight excluding hydrogens is 195 g/mol. The molecule has 0 aromatic rings. The molecule has 0 unspecified atom stereocenters. The lowest BCUT2D eigenvalue weighted by atomic mass is 11.8. The quantitative estimate of drug-likeness (QED) is 0.518. The van der Waals surface area contributed by atoms with E-state index in [1.807, 2.05) is 0 Å². The molecule has 0 atom stereocenters. The standard InChI is InChI=1S/C3H8BrO3P/c1-6-8(5,3-4)7-2/h3H2,1-2H3. The Kier molecular flexibility index (Phi) is 3.90. The lowest BCUT2D eigenvalue weighted by Gasteiger charge is -2.07. The van der Waals surface area contributed by atoms with Gasteiger partial charge in [-0.05, 0) is 0 Å². The van der Waals surface area contributed by atoms with Crippen molar-refractivity contribution in [2.45, 2.75) is 0 Å². The first-order valence-electron chi connectivity index (χ1n) is 1.95. The monoisotopic (exact) mass is 202 g/mol. The summed E-state index contributed by atoms with van der Waals surface area (Å²) >= 11 is 2.98. The molecule has 0 N–H and O–H groups in total. The molecular formula is C3H8BrO3P. The highest BCUT2D eigenvalue weighted by molar-refractivity contribution is 9.10. The molecule has 0 bridgehead atoms. The van der Waals surface area contributed by atoms with Gasteiger partial charge in [0.2, 0.25) is 0 Å². The van der Waals surface area contributed by atoms with Gasteiger partial charge in [0, 0.05) is 14.2 Å². The van der Waals surface area contributed by atoms with Crippen molar-refractivity contribution in [1.29, 1.82) is 0 Å². The maximum Gasteiger partial charge on any atom is 0.340 e. The fourth-order valence-corrected chi connectivity index (χ4v) is 1.74. The van der Waals surface area contributed by atoms with Crippen molar-refractivity contribution in [3.8, 4) is 0 Å². The third-order valence-corrected chi connectivity index (χ3v) is 3.95. The predicted molar refractivity (Wildman–Crippen MR) is 35.4 cm³/mol. The van der Waals surface area contributed by atoms with E-state index in [1.54, 1.807) is 0 Å². The van der Waals surface area contributed by atoms with E-state index in [9.17, 15) is 4.57 Å². The van der Waals surface area contributed by atoms with Gasteiger partial charge < -0.3 is 9.05 Å². The van der Waals surface area contributed by atoms with Crippen LogP contribution in [0.1, 0.15) is 0 Å². The molecule has 0 spiro atoms. The van der Waals surface area contributed by atoms with Gasteiger partial charge in [0.25, 0.3) is 0 Å². The summed E-state index contributed by atoms with van der Waals surface area (Å²) in [7, 11) is -0.0399.